The van der Waals surface area contributed by atoms with E-state index in [1.54, 1.807) is 6.07 Å². The van der Waals surface area contributed by atoms with Gasteiger partial charge in [0.15, 0.2) is 0 Å². The fourth-order valence-electron chi connectivity index (χ4n) is 1.77. The number of thiazole rings is 1. The van der Waals surface area contributed by atoms with E-state index in [9.17, 15) is 13.2 Å². The third-order valence-corrected chi connectivity index (χ3v) is 3.55. The topological polar surface area (TPSA) is 55.7 Å². The van der Waals surface area contributed by atoms with Crippen LogP contribution in [-0.2, 0) is 6.54 Å². The summed E-state index contributed by atoms with van der Waals surface area (Å²) in [6.45, 7) is 1.56. The number of rotatable bonds is 4. The van der Waals surface area contributed by atoms with Crippen LogP contribution in [0.5, 0.6) is 5.75 Å². The van der Waals surface area contributed by atoms with Crippen molar-refractivity contribution in [1.29, 1.82) is 0 Å². The molecule has 4 N–H and O–H groups in total. The van der Waals surface area contributed by atoms with Gasteiger partial charge >= 0.3 is 11.5 Å². The van der Waals surface area contributed by atoms with Gasteiger partial charge in [-0.1, -0.05) is 0 Å². The normalized spacial score (nSPS) is 10.9. The molecule has 0 amide bonds. The maximum Gasteiger partial charge on any atom is 0.573 e. The van der Waals surface area contributed by atoms with Crippen molar-refractivity contribution in [3.63, 3.8) is 0 Å². The molecule has 0 bridgehead atoms. The van der Waals surface area contributed by atoms with Crippen LogP contribution >= 0.6 is 11.3 Å². The van der Waals surface area contributed by atoms with E-state index in [1.165, 1.54) is 23.5 Å². The zero-order chi connectivity index (χ0) is 14.0. The van der Waals surface area contributed by atoms with Crippen molar-refractivity contribution in [2.24, 2.45) is 0 Å². The summed E-state index contributed by atoms with van der Waals surface area (Å²) in [5, 5.41) is 2.58. The van der Waals surface area contributed by atoms with Crippen molar-refractivity contribution in [1.82, 2.24) is 0 Å². The summed E-state index contributed by atoms with van der Waals surface area (Å²) in [5.41, 5.74) is 6.69. The number of likely N-dealkylation sites (N-methyl/N-ethyl adjacent to an activating group) is 1. The molecule has 0 fully saturated rings. The highest BCUT2D eigenvalue weighted by atomic mass is 35.5. The molecule has 2 rings (SSSR count). The summed E-state index contributed by atoms with van der Waals surface area (Å²) < 4.78 is 42.9. The Morgan fingerprint density at radius 1 is 1.33 bits per heavy atom. The quantitative estimate of drug-likeness (QED) is 0.534. The first kappa shape index (κ1) is 20.0. The zero-order valence-corrected chi connectivity index (χ0v) is 13.3. The van der Waals surface area contributed by atoms with Crippen molar-refractivity contribution >= 4 is 26.7 Å². The van der Waals surface area contributed by atoms with Crippen molar-refractivity contribution in [2.45, 2.75) is 12.9 Å². The number of anilines is 1. The molecule has 4 nitrogen and oxygen atoms in total. The molecule has 1 aromatic heterocycles. The highest BCUT2D eigenvalue weighted by Crippen LogP contribution is 2.29. The van der Waals surface area contributed by atoms with E-state index >= 15 is 0 Å². The lowest BCUT2D eigenvalue weighted by Crippen LogP contribution is -3.00. The Balaban J connectivity index is 0.00000200. The molecular formula is C11H14Cl2F3N3OS. The monoisotopic (exact) mass is 363 g/mol. The van der Waals surface area contributed by atoms with Crippen LogP contribution in [0.1, 0.15) is 0 Å². The number of fused-ring (bicyclic) bond motifs is 1. The third-order valence-electron chi connectivity index (χ3n) is 2.58. The fourth-order valence-corrected chi connectivity index (χ4v) is 2.75. The van der Waals surface area contributed by atoms with Crippen LogP contribution in [0.2, 0.25) is 0 Å². The minimum atomic E-state index is -4.68. The predicted octanol–water partition coefficient (Wildman–Crippen LogP) is -5.13. The van der Waals surface area contributed by atoms with Crippen molar-refractivity contribution in [3.8, 4) is 5.75 Å². The molecule has 2 aromatic rings. The number of nitrogens with zero attached hydrogens (tertiary/aromatic N) is 1. The molecule has 0 aliphatic rings. The fraction of sp³-hybridized carbons (Fsp3) is 0.364. The second kappa shape index (κ2) is 7.88. The minimum Gasteiger partial charge on any atom is -1.00 e. The summed E-state index contributed by atoms with van der Waals surface area (Å²) in [6.07, 6.45) is -4.68. The smallest absolute Gasteiger partial charge is 0.573 e. The van der Waals surface area contributed by atoms with Crippen LogP contribution in [0, 0.1) is 0 Å². The molecule has 0 aliphatic carbocycles. The highest BCUT2D eigenvalue weighted by Gasteiger charge is 2.31. The summed E-state index contributed by atoms with van der Waals surface area (Å²) in [4.78, 5) is 0. The summed E-state index contributed by atoms with van der Waals surface area (Å²) >= 11 is 1.25. The van der Waals surface area contributed by atoms with Gasteiger partial charge in [-0.15, -0.1) is 13.2 Å². The Hall–Kier alpha value is -0.960. The van der Waals surface area contributed by atoms with Gasteiger partial charge in [0.2, 0.25) is 0 Å². The van der Waals surface area contributed by atoms with E-state index in [0.717, 1.165) is 12.1 Å². The van der Waals surface area contributed by atoms with E-state index in [4.69, 9.17) is 5.73 Å². The van der Waals surface area contributed by atoms with Gasteiger partial charge in [0, 0.05) is 6.07 Å². The second-order valence-corrected chi connectivity index (χ2v) is 5.03. The van der Waals surface area contributed by atoms with Crippen molar-refractivity contribution in [3.05, 3.63) is 18.2 Å². The van der Waals surface area contributed by atoms with Crippen molar-refractivity contribution < 1.29 is 52.6 Å². The molecule has 21 heavy (non-hydrogen) atoms. The molecule has 0 unspecified atom stereocenters. The maximum absolute atomic E-state index is 12.1. The molecule has 10 heteroatoms. The number of hydrogen-bond donors (Lipinski definition) is 2. The van der Waals surface area contributed by atoms with Crippen LogP contribution in [-0.4, -0.2) is 20.0 Å². The Bertz CT molecular complexity index is 592. The SMILES string of the molecule is C[NH2+]CC[n+]1c(N)sc2cc(OC(F)(F)F)ccc21.[Cl-].[Cl-]. The lowest BCUT2D eigenvalue weighted by atomic mass is 10.3. The molecule has 1 aromatic carbocycles. The molecule has 0 radical (unpaired) electrons. The van der Waals surface area contributed by atoms with Crippen LogP contribution in [0.4, 0.5) is 18.3 Å². The van der Waals surface area contributed by atoms with E-state index in [-0.39, 0.29) is 30.6 Å². The largest absolute Gasteiger partial charge is 1.00 e. The molecule has 120 valence electrons. The van der Waals surface area contributed by atoms with Gasteiger partial charge in [-0.05, 0) is 23.5 Å². The average Bonchev–Trinajstić information content (AvgIpc) is 2.59. The van der Waals surface area contributed by atoms with Crippen LogP contribution in [0.25, 0.3) is 10.2 Å². The first-order chi connectivity index (χ1) is 8.90. The number of nitrogens with two attached hydrogens (primary N) is 2. The molecule has 0 aliphatic heterocycles. The zero-order valence-electron chi connectivity index (χ0n) is 11.0. The first-order valence-corrected chi connectivity index (χ1v) is 6.48. The first-order valence-electron chi connectivity index (χ1n) is 5.66. The number of alkyl halides is 3. The van der Waals surface area contributed by atoms with Gasteiger partial charge in [0.1, 0.15) is 24.4 Å². The van der Waals surface area contributed by atoms with Gasteiger partial charge in [0.05, 0.1) is 11.7 Å². The molecule has 0 spiro atoms. The number of nitrogen functional groups attached to an aromatic ring is 1. The lowest BCUT2D eigenvalue weighted by Gasteiger charge is -2.08. The average molecular weight is 364 g/mol. The van der Waals surface area contributed by atoms with Crippen molar-refractivity contribution in [2.75, 3.05) is 19.3 Å². The molecule has 0 saturated heterocycles. The number of ether oxygens (including phenoxy) is 1. The minimum absolute atomic E-state index is 0. The number of benzene rings is 1. The second-order valence-electron chi connectivity index (χ2n) is 3.97. The van der Waals surface area contributed by atoms with Gasteiger partial charge in [-0.25, -0.2) is 4.57 Å². The standard InChI is InChI=1S/C11H12F3N3OS.2ClH/c1-16-4-5-17-8-3-2-7(18-11(12,13)14)6-9(8)19-10(17)15;;/h2-3,6,15-16H,4-5H2,1H3;2*1H. The molecule has 0 saturated carbocycles. The van der Waals surface area contributed by atoms with E-state index in [0.29, 0.717) is 16.4 Å². The predicted molar refractivity (Wildman–Crippen MR) is 65.8 cm³/mol. The van der Waals surface area contributed by atoms with Gasteiger partial charge < -0.3 is 34.9 Å². The van der Waals surface area contributed by atoms with Gasteiger partial charge in [-0.2, -0.15) is 0 Å². The Kier molecular flexibility index (Phi) is 7.52. The number of aromatic nitrogens is 1. The number of quaternary nitrogens is 1. The lowest BCUT2D eigenvalue weighted by molar-refractivity contribution is -0.718. The van der Waals surface area contributed by atoms with E-state index in [2.05, 4.69) is 4.74 Å². The number of halogens is 5. The Morgan fingerprint density at radius 3 is 2.57 bits per heavy atom. The number of hydrogen-bond acceptors (Lipinski definition) is 3. The van der Waals surface area contributed by atoms with E-state index < -0.39 is 6.36 Å². The van der Waals surface area contributed by atoms with Gasteiger partial charge in [-0.3, -0.25) is 5.73 Å². The summed E-state index contributed by atoms with van der Waals surface area (Å²) in [5.74, 6) is -0.226. The molecule has 1 heterocycles. The van der Waals surface area contributed by atoms with Crippen LogP contribution in [0.3, 0.4) is 0 Å². The van der Waals surface area contributed by atoms with Crippen LogP contribution in [0.15, 0.2) is 18.2 Å². The molecular weight excluding hydrogens is 350 g/mol. The third kappa shape index (κ3) is 5.06. The van der Waals surface area contributed by atoms with E-state index in [1.807, 2.05) is 16.9 Å². The van der Waals surface area contributed by atoms with Gasteiger partial charge in [0.25, 0.3) is 0 Å². The molecule has 0 atom stereocenters. The Morgan fingerprint density at radius 2 is 2.00 bits per heavy atom. The summed E-state index contributed by atoms with van der Waals surface area (Å²) in [7, 11) is 1.95. The Labute approximate surface area is 135 Å². The summed E-state index contributed by atoms with van der Waals surface area (Å²) in [6, 6.07) is 4.25. The maximum atomic E-state index is 12.1. The van der Waals surface area contributed by atoms with Crippen LogP contribution < -0.4 is 45.2 Å². The highest BCUT2D eigenvalue weighted by molar-refractivity contribution is 7.21.